The second-order valence-electron chi connectivity index (χ2n) is 8.82. The first-order valence-corrected chi connectivity index (χ1v) is 11.6. The topological polar surface area (TPSA) is 59.4 Å². The van der Waals surface area contributed by atoms with Gasteiger partial charge in [-0.1, -0.05) is 18.2 Å². The third kappa shape index (κ3) is 3.91. The van der Waals surface area contributed by atoms with Crippen LogP contribution in [0.1, 0.15) is 44.7 Å². The number of amides is 1. The molecule has 1 saturated heterocycles. The molecular weight excluding hydrogens is 400 g/mol. The lowest BCUT2D eigenvalue weighted by molar-refractivity contribution is -0.117. The van der Waals surface area contributed by atoms with Crippen molar-refractivity contribution >= 4 is 11.6 Å². The highest BCUT2D eigenvalue weighted by Gasteiger charge is 2.30. The fraction of sp³-hybridized carbons (Fsp3) is 0.385. The highest BCUT2D eigenvalue weighted by Crippen LogP contribution is 2.44. The zero-order chi connectivity index (χ0) is 22.1. The molecule has 1 unspecified atom stereocenters. The maximum Gasteiger partial charge on any atom is 0.224 e. The van der Waals surface area contributed by atoms with Crippen LogP contribution in [0.25, 0.3) is 11.1 Å². The zero-order valence-electron chi connectivity index (χ0n) is 18.8. The van der Waals surface area contributed by atoms with E-state index in [1.54, 1.807) is 6.92 Å². The number of fused-ring (bicyclic) bond motifs is 1. The van der Waals surface area contributed by atoms with Gasteiger partial charge in [0.05, 0.1) is 17.9 Å². The van der Waals surface area contributed by atoms with Gasteiger partial charge >= 0.3 is 0 Å². The molecule has 1 fully saturated rings. The molecule has 3 aromatic rings. The molecule has 2 aliphatic rings. The van der Waals surface area contributed by atoms with Crippen LogP contribution in [0.3, 0.4) is 0 Å². The summed E-state index contributed by atoms with van der Waals surface area (Å²) in [5.74, 6) is 1.69. The molecule has 5 rings (SSSR count). The number of hydrogen-bond acceptors (Lipinski definition) is 4. The Balaban J connectivity index is 1.59. The van der Waals surface area contributed by atoms with E-state index in [0.29, 0.717) is 6.04 Å². The number of nitrogens with one attached hydrogen (secondary N) is 1. The van der Waals surface area contributed by atoms with E-state index in [2.05, 4.69) is 35.3 Å². The molecule has 1 N–H and O–H groups in total. The molecule has 1 aromatic heterocycles. The van der Waals surface area contributed by atoms with Crippen molar-refractivity contribution < 1.29 is 9.53 Å². The summed E-state index contributed by atoms with van der Waals surface area (Å²) in [6, 6.07) is 14.6. The lowest BCUT2D eigenvalue weighted by Crippen LogP contribution is -2.40. The fourth-order valence-electron chi connectivity index (χ4n) is 4.98. The Morgan fingerprint density at radius 1 is 1.09 bits per heavy atom. The summed E-state index contributed by atoms with van der Waals surface area (Å²) < 4.78 is 8.60. The second-order valence-corrected chi connectivity index (χ2v) is 8.82. The van der Waals surface area contributed by atoms with Crippen LogP contribution in [0.5, 0.6) is 11.5 Å². The van der Waals surface area contributed by atoms with Gasteiger partial charge in [-0.2, -0.15) is 5.10 Å². The molecule has 166 valence electrons. The lowest BCUT2D eigenvalue weighted by Gasteiger charge is -2.36. The van der Waals surface area contributed by atoms with E-state index >= 15 is 0 Å². The number of hydrogen-bond donors (Lipinski definition) is 1. The first kappa shape index (κ1) is 20.8. The molecule has 32 heavy (non-hydrogen) atoms. The van der Waals surface area contributed by atoms with Crippen LogP contribution in [-0.4, -0.2) is 34.8 Å². The highest BCUT2D eigenvalue weighted by molar-refractivity contribution is 5.95. The summed E-state index contributed by atoms with van der Waals surface area (Å²) in [7, 11) is 0. The van der Waals surface area contributed by atoms with Gasteiger partial charge in [-0.25, -0.2) is 0 Å². The van der Waals surface area contributed by atoms with E-state index in [1.165, 1.54) is 0 Å². The molecule has 0 aliphatic carbocycles. The number of aromatic nitrogens is 2. The van der Waals surface area contributed by atoms with Crippen LogP contribution in [0, 0.1) is 0 Å². The lowest BCUT2D eigenvalue weighted by atomic mass is 9.92. The normalized spacial score (nSPS) is 18.9. The van der Waals surface area contributed by atoms with Crippen LogP contribution >= 0.6 is 0 Å². The number of benzene rings is 2. The van der Waals surface area contributed by atoms with Gasteiger partial charge in [0.15, 0.2) is 0 Å². The van der Waals surface area contributed by atoms with E-state index in [4.69, 9.17) is 9.84 Å². The van der Waals surface area contributed by atoms with Gasteiger partial charge in [0.1, 0.15) is 11.5 Å². The smallest absolute Gasteiger partial charge is 0.224 e. The molecular formula is C26H30N4O2. The predicted octanol–water partition coefficient (Wildman–Crippen LogP) is 4.95. The number of rotatable bonds is 4. The fourth-order valence-corrected chi connectivity index (χ4v) is 4.98. The van der Waals surface area contributed by atoms with Crippen molar-refractivity contribution in [1.82, 2.24) is 15.1 Å². The number of nitrogens with zero attached hydrogens (tertiary/aromatic N) is 3. The minimum atomic E-state index is 0.0654. The summed E-state index contributed by atoms with van der Waals surface area (Å²) >= 11 is 0. The minimum absolute atomic E-state index is 0.0654. The number of carbonyl (C=O) groups is 1. The number of piperidine rings is 1. The molecule has 0 saturated carbocycles. The summed E-state index contributed by atoms with van der Waals surface area (Å²) in [6.07, 6.45) is 8.04. The number of anilines is 1. The van der Waals surface area contributed by atoms with Gasteiger partial charge < -0.3 is 15.0 Å². The molecule has 0 spiro atoms. The maximum absolute atomic E-state index is 12.4. The average Bonchev–Trinajstić information content (AvgIpc) is 3.30. The zero-order valence-corrected chi connectivity index (χ0v) is 18.8. The SMILES string of the molecule is CC(=O)N1c2ccc(-c3cnn(C4CCNCC4)c3)c(Oc3ccccc3)c2CCC1C. The van der Waals surface area contributed by atoms with Crippen LogP contribution in [0.2, 0.25) is 0 Å². The molecule has 6 nitrogen and oxygen atoms in total. The van der Waals surface area contributed by atoms with Crippen molar-refractivity contribution in [3.05, 3.63) is 60.4 Å². The number of para-hydroxylation sites is 1. The second kappa shape index (κ2) is 8.79. The summed E-state index contributed by atoms with van der Waals surface area (Å²) in [5, 5.41) is 8.12. The van der Waals surface area contributed by atoms with E-state index in [9.17, 15) is 4.79 Å². The first-order valence-electron chi connectivity index (χ1n) is 11.6. The Bertz CT molecular complexity index is 1100. The van der Waals surface area contributed by atoms with Gasteiger partial charge in [0.25, 0.3) is 0 Å². The van der Waals surface area contributed by atoms with Crippen molar-refractivity contribution in [2.45, 2.75) is 51.6 Å². The van der Waals surface area contributed by atoms with Gasteiger partial charge in [0, 0.05) is 35.9 Å². The van der Waals surface area contributed by atoms with Gasteiger partial charge in [-0.05, 0) is 70.0 Å². The molecule has 6 heteroatoms. The molecule has 0 radical (unpaired) electrons. The Morgan fingerprint density at radius 2 is 1.88 bits per heavy atom. The molecule has 1 atom stereocenters. The van der Waals surface area contributed by atoms with Crippen molar-refractivity contribution in [2.24, 2.45) is 0 Å². The van der Waals surface area contributed by atoms with Crippen molar-refractivity contribution in [2.75, 3.05) is 18.0 Å². The number of carbonyl (C=O) groups excluding carboxylic acids is 1. The highest BCUT2D eigenvalue weighted by atomic mass is 16.5. The predicted molar refractivity (Wildman–Crippen MR) is 126 cm³/mol. The van der Waals surface area contributed by atoms with E-state index in [-0.39, 0.29) is 11.9 Å². The largest absolute Gasteiger partial charge is 0.456 e. The third-order valence-corrected chi connectivity index (χ3v) is 6.65. The van der Waals surface area contributed by atoms with Crippen LogP contribution < -0.4 is 15.0 Å². The molecule has 2 aliphatic heterocycles. The Labute approximate surface area is 189 Å². The van der Waals surface area contributed by atoms with Crippen molar-refractivity contribution in [1.29, 1.82) is 0 Å². The number of ether oxygens (including phenoxy) is 1. The van der Waals surface area contributed by atoms with Crippen molar-refractivity contribution in [3.8, 4) is 22.6 Å². The molecule has 1 amide bonds. The van der Waals surface area contributed by atoms with Gasteiger partial charge in [0.2, 0.25) is 5.91 Å². The first-order chi connectivity index (χ1) is 15.6. The van der Waals surface area contributed by atoms with Gasteiger partial charge in [-0.15, -0.1) is 0 Å². The Morgan fingerprint density at radius 3 is 2.62 bits per heavy atom. The monoisotopic (exact) mass is 430 g/mol. The Hall–Kier alpha value is -3.12. The third-order valence-electron chi connectivity index (χ3n) is 6.65. The maximum atomic E-state index is 12.4. The summed E-state index contributed by atoms with van der Waals surface area (Å²) in [4.78, 5) is 14.3. The van der Waals surface area contributed by atoms with E-state index in [1.807, 2.05) is 41.4 Å². The minimum Gasteiger partial charge on any atom is -0.456 e. The molecule has 2 aromatic carbocycles. The average molecular weight is 431 g/mol. The quantitative estimate of drug-likeness (QED) is 0.636. The van der Waals surface area contributed by atoms with Crippen LogP contribution in [0.4, 0.5) is 5.69 Å². The van der Waals surface area contributed by atoms with E-state index < -0.39 is 0 Å². The van der Waals surface area contributed by atoms with Crippen LogP contribution in [0.15, 0.2) is 54.9 Å². The standard InChI is InChI=1S/C26H30N4O2/c1-18-8-9-24-25(30(18)19(2)31)11-10-23(26(24)32-22-6-4-3-5-7-22)20-16-28-29(17-20)21-12-14-27-15-13-21/h3-7,10-11,16-18,21,27H,8-9,12-15H2,1-2H3. The van der Waals surface area contributed by atoms with Crippen LogP contribution in [-0.2, 0) is 11.2 Å². The molecule has 0 bridgehead atoms. The Kier molecular flexibility index (Phi) is 5.70. The van der Waals surface area contributed by atoms with E-state index in [0.717, 1.165) is 72.6 Å². The molecule has 3 heterocycles. The van der Waals surface area contributed by atoms with Crippen molar-refractivity contribution in [3.63, 3.8) is 0 Å². The van der Waals surface area contributed by atoms with Gasteiger partial charge in [-0.3, -0.25) is 9.48 Å². The summed E-state index contributed by atoms with van der Waals surface area (Å²) in [5.41, 5.74) is 4.11. The summed E-state index contributed by atoms with van der Waals surface area (Å²) in [6.45, 7) is 5.81.